The molecule has 0 saturated carbocycles. The number of likely N-dealkylation sites (N-methyl/N-ethyl adjacent to an activating group) is 1. The zero-order valence-electron chi connectivity index (χ0n) is 17.1. The van der Waals surface area contributed by atoms with Crippen molar-refractivity contribution in [1.29, 1.82) is 0 Å². The van der Waals surface area contributed by atoms with Gasteiger partial charge in [0.2, 0.25) is 12.3 Å². The summed E-state index contributed by atoms with van der Waals surface area (Å²) >= 11 is 0. The zero-order chi connectivity index (χ0) is 20.3. The second-order valence-corrected chi connectivity index (χ2v) is 7.82. The molecule has 1 saturated heterocycles. The van der Waals surface area contributed by atoms with Gasteiger partial charge in [0, 0.05) is 61.9 Å². The van der Waals surface area contributed by atoms with Gasteiger partial charge in [-0.15, -0.1) is 10.2 Å². The van der Waals surface area contributed by atoms with Gasteiger partial charge in [-0.1, -0.05) is 24.3 Å². The molecule has 152 valence electrons. The Balaban J connectivity index is 1.37. The molecule has 2 aromatic heterocycles. The number of rotatable bonds is 5. The molecule has 1 aliphatic rings. The van der Waals surface area contributed by atoms with E-state index in [1.54, 1.807) is 0 Å². The quantitative estimate of drug-likeness (QED) is 0.510. The van der Waals surface area contributed by atoms with Crippen LogP contribution in [0.4, 0.5) is 5.69 Å². The van der Waals surface area contributed by atoms with Gasteiger partial charge < -0.3 is 18.8 Å². The summed E-state index contributed by atoms with van der Waals surface area (Å²) in [6.45, 7) is 4.39. The van der Waals surface area contributed by atoms with E-state index in [1.165, 1.54) is 23.2 Å². The fourth-order valence-electron chi connectivity index (χ4n) is 4.04. The molecule has 5 rings (SSSR count). The monoisotopic (exact) mass is 399 g/mol. The van der Waals surface area contributed by atoms with Gasteiger partial charge in [0.1, 0.15) is 0 Å². The van der Waals surface area contributed by atoms with Crippen molar-refractivity contribution >= 4 is 5.69 Å². The van der Waals surface area contributed by atoms with Crippen LogP contribution in [0, 0.1) is 0 Å². The fraction of sp³-hybridized carbons (Fsp3) is 0.250. The van der Waals surface area contributed by atoms with E-state index in [0.29, 0.717) is 5.89 Å². The second kappa shape index (κ2) is 8.16. The van der Waals surface area contributed by atoms with Crippen LogP contribution in [0.3, 0.4) is 0 Å². The summed E-state index contributed by atoms with van der Waals surface area (Å²) in [5.41, 5.74) is 6.01. The lowest BCUT2D eigenvalue weighted by Gasteiger charge is -2.35. The van der Waals surface area contributed by atoms with Crippen LogP contribution in [0.15, 0.2) is 77.8 Å². The number of nitrogens with zero attached hydrogens (tertiary/aromatic N) is 5. The molecule has 0 N–H and O–H groups in total. The SMILES string of the molecule is CN1CCN(c2ccccc2Cc2ccn(-c3cccc(-c4nnco4)c3)c2)CC1. The predicted molar refractivity (Wildman–Crippen MR) is 118 cm³/mol. The van der Waals surface area contributed by atoms with Crippen molar-refractivity contribution in [2.75, 3.05) is 38.1 Å². The van der Waals surface area contributed by atoms with Crippen LogP contribution in [-0.2, 0) is 6.42 Å². The lowest BCUT2D eigenvalue weighted by Crippen LogP contribution is -2.44. The molecule has 30 heavy (non-hydrogen) atoms. The van der Waals surface area contributed by atoms with Gasteiger partial charge in [-0.2, -0.15) is 0 Å². The molecule has 0 unspecified atom stereocenters. The Bertz CT molecular complexity index is 1110. The van der Waals surface area contributed by atoms with Crippen LogP contribution in [0.25, 0.3) is 17.1 Å². The third kappa shape index (κ3) is 3.86. The minimum Gasteiger partial charge on any atom is -0.423 e. The molecule has 6 heteroatoms. The number of benzene rings is 2. The number of hydrogen-bond acceptors (Lipinski definition) is 5. The molecule has 0 amide bonds. The molecule has 0 radical (unpaired) electrons. The van der Waals surface area contributed by atoms with Crippen molar-refractivity contribution in [3.8, 4) is 17.1 Å². The van der Waals surface area contributed by atoms with Crippen molar-refractivity contribution in [3.05, 3.63) is 84.5 Å². The van der Waals surface area contributed by atoms with Crippen LogP contribution >= 0.6 is 0 Å². The smallest absolute Gasteiger partial charge is 0.247 e. The fourth-order valence-corrected chi connectivity index (χ4v) is 4.04. The second-order valence-electron chi connectivity index (χ2n) is 7.82. The number of aromatic nitrogens is 3. The Morgan fingerprint density at radius 2 is 1.83 bits per heavy atom. The van der Waals surface area contributed by atoms with Gasteiger partial charge in [-0.3, -0.25) is 0 Å². The Labute approximate surface area is 176 Å². The summed E-state index contributed by atoms with van der Waals surface area (Å²) in [4.78, 5) is 4.90. The Hall–Kier alpha value is -3.38. The molecule has 1 aliphatic heterocycles. The van der Waals surface area contributed by atoms with E-state index in [4.69, 9.17) is 4.42 Å². The molecule has 3 heterocycles. The van der Waals surface area contributed by atoms with E-state index < -0.39 is 0 Å². The maximum atomic E-state index is 5.33. The molecule has 6 nitrogen and oxygen atoms in total. The first-order chi connectivity index (χ1) is 14.8. The number of piperazine rings is 1. The Morgan fingerprint density at radius 3 is 2.67 bits per heavy atom. The first-order valence-electron chi connectivity index (χ1n) is 10.3. The van der Waals surface area contributed by atoms with Gasteiger partial charge >= 0.3 is 0 Å². The number of para-hydroxylation sites is 1. The van der Waals surface area contributed by atoms with Crippen molar-refractivity contribution in [1.82, 2.24) is 19.7 Å². The van der Waals surface area contributed by atoms with E-state index in [2.05, 4.69) is 86.5 Å². The highest BCUT2D eigenvalue weighted by Gasteiger charge is 2.17. The first-order valence-corrected chi connectivity index (χ1v) is 10.3. The van der Waals surface area contributed by atoms with E-state index in [-0.39, 0.29) is 0 Å². The normalized spacial score (nSPS) is 14.9. The van der Waals surface area contributed by atoms with Crippen LogP contribution in [0.1, 0.15) is 11.1 Å². The molecular formula is C24H25N5O. The summed E-state index contributed by atoms with van der Waals surface area (Å²) in [5.74, 6) is 0.533. The van der Waals surface area contributed by atoms with Crippen LogP contribution < -0.4 is 4.90 Å². The highest BCUT2D eigenvalue weighted by atomic mass is 16.4. The van der Waals surface area contributed by atoms with E-state index in [1.807, 2.05) is 12.1 Å². The van der Waals surface area contributed by atoms with Gasteiger partial charge in [0.15, 0.2) is 0 Å². The van der Waals surface area contributed by atoms with Gasteiger partial charge in [-0.25, -0.2) is 0 Å². The minimum absolute atomic E-state index is 0.533. The van der Waals surface area contributed by atoms with E-state index in [9.17, 15) is 0 Å². The summed E-state index contributed by atoms with van der Waals surface area (Å²) in [5, 5.41) is 7.78. The van der Waals surface area contributed by atoms with Crippen LogP contribution in [0.2, 0.25) is 0 Å². The van der Waals surface area contributed by atoms with Crippen LogP contribution in [-0.4, -0.2) is 52.9 Å². The van der Waals surface area contributed by atoms with E-state index >= 15 is 0 Å². The molecule has 4 aromatic rings. The third-order valence-corrected chi connectivity index (χ3v) is 5.74. The average molecular weight is 399 g/mol. The van der Waals surface area contributed by atoms with Crippen molar-refractivity contribution in [2.24, 2.45) is 0 Å². The molecule has 1 fully saturated rings. The van der Waals surface area contributed by atoms with Crippen molar-refractivity contribution in [3.63, 3.8) is 0 Å². The Morgan fingerprint density at radius 1 is 0.967 bits per heavy atom. The molecule has 0 atom stereocenters. The average Bonchev–Trinajstić information content (AvgIpc) is 3.48. The standard InChI is InChI=1S/C24H25N5O/c1-27-11-13-28(14-12-27)23-8-3-2-5-20(23)15-19-9-10-29(17-19)22-7-4-6-21(16-22)24-26-25-18-30-24/h2-10,16-18H,11-15H2,1H3. The maximum absolute atomic E-state index is 5.33. The summed E-state index contributed by atoms with van der Waals surface area (Å²) in [6.07, 6.45) is 6.58. The molecule has 0 aliphatic carbocycles. The molecule has 0 spiro atoms. The highest BCUT2D eigenvalue weighted by Crippen LogP contribution is 2.26. The highest BCUT2D eigenvalue weighted by molar-refractivity contribution is 5.58. The topological polar surface area (TPSA) is 50.3 Å². The van der Waals surface area contributed by atoms with E-state index in [0.717, 1.165) is 43.9 Å². The lowest BCUT2D eigenvalue weighted by atomic mass is 10.0. The molecule has 2 aromatic carbocycles. The number of anilines is 1. The summed E-state index contributed by atoms with van der Waals surface area (Å²) < 4.78 is 7.48. The van der Waals surface area contributed by atoms with Crippen LogP contribution in [0.5, 0.6) is 0 Å². The van der Waals surface area contributed by atoms with Gasteiger partial charge in [0.05, 0.1) is 0 Å². The van der Waals surface area contributed by atoms with Crippen molar-refractivity contribution < 1.29 is 4.42 Å². The summed E-state index contributed by atoms with van der Waals surface area (Å²) in [7, 11) is 2.19. The van der Waals surface area contributed by atoms with Gasteiger partial charge in [-0.05, 0) is 48.5 Å². The largest absolute Gasteiger partial charge is 0.423 e. The Kier molecular flexibility index (Phi) is 5.07. The summed E-state index contributed by atoms with van der Waals surface area (Å²) in [6, 6.07) is 19.1. The predicted octanol–water partition coefficient (Wildman–Crippen LogP) is 3.87. The first kappa shape index (κ1) is 18.6. The van der Waals surface area contributed by atoms with Gasteiger partial charge in [0.25, 0.3) is 0 Å². The molecule has 0 bridgehead atoms. The minimum atomic E-state index is 0.533. The van der Waals surface area contributed by atoms with Crippen molar-refractivity contribution in [2.45, 2.75) is 6.42 Å². The third-order valence-electron chi connectivity index (χ3n) is 5.74. The molecular weight excluding hydrogens is 374 g/mol. The lowest BCUT2D eigenvalue weighted by molar-refractivity contribution is 0.312. The number of hydrogen-bond donors (Lipinski definition) is 0. The maximum Gasteiger partial charge on any atom is 0.247 e. The zero-order valence-corrected chi connectivity index (χ0v) is 17.1.